The summed E-state index contributed by atoms with van der Waals surface area (Å²) in [7, 11) is 1.65. The third kappa shape index (κ3) is 5.07. The maximum absolute atomic E-state index is 13.6. The first-order chi connectivity index (χ1) is 13.6. The maximum atomic E-state index is 13.6. The van der Waals surface area contributed by atoms with Gasteiger partial charge in [-0.1, -0.05) is 12.1 Å². The molecule has 6 nitrogen and oxygen atoms in total. The number of hydrogen-bond acceptors (Lipinski definition) is 3. The molecule has 0 aliphatic carbocycles. The SMILES string of the molecule is COc1ccc(C[NH+]2CCN(C(=O)CNC(=O)c3ccccc3F)CC2)cc1. The topological polar surface area (TPSA) is 63.1 Å². The fourth-order valence-electron chi connectivity index (χ4n) is 3.29. The first-order valence-electron chi connectivity index (χ1n) is 9.34. The number of piperazine rings is 1. The molecule has 2 aromatic rings. The summed E-state index contributed by atoms with van der Waals surface area (Å²) in [5, 5.41) is 2.51. The number of hydrogen-bond donors (Lipinski definition) is 2. The van der Waals surface area contributed by atoms with Gasteiger partial charge in [-0.3, -0.25) is 9.59 Å². The molecule has 0 bridgehead atoms. The molecule has 1 fully saturated rings. The molecule has 2 aromatic carbocycles. The van der Waals surface area contributed by atoms with E-state index in [0.29, 0.717) is 13.1 Å². The van der Waals surface area contributed by atoms with E-state index in [2.05, 4.69) is 17.4 Å². The van der Waals surface area contributed by atoms with Crippen LogP contribution in [0.15, 0.2) is 48.5 Å². The van der Waals surface area contributed by atoms with Crippen LogP contribution in [0.5, 0.6) is 5.75 Å². The molecule has 0 spiro atoms. The summed E-state index contributed by atoms with van der Waals surface area (Å²) < 4.78 is 18.8. The van der Waals surface area contributed by atoms with Crippen molar-refractivity contribution in [3.8, 4) is 5.75 Å². The Labute approximate surface area is 163 Å². The largest absolute Gasteiger partial charge is 0.497 e. The minimum Gasteiger partial charge on any atom is -0.497 e. The molecule has 0 saturated carbocycles. The predicted molar refractivity (Wildman–Crippen MR) is 103 cm³/mol. The summed E-state index contributed by atoms with van der Waals surface area (Å²) in [5.74, 6) is -0.474. The Morgan fingerprint density at radius 2 is 1.79 bits per heavy atom. The summed E-state index contributed by atoms with van der Waals surface area (Å²) in [6, 6.07) is 13.7. The summed E-state index contributed by atoms with van der Waals surface area (Å²) in [4.78, 5) is 27.5. The van der Waals surface area contributed by atoms with Gasteiger partial charge in [0.15, 0.2) is 0 Å². The second-order valence-electron chi connectivity index (χ2n) is 6.82. The van der Waals surface area contributed by atoms with Gasteiger partial charge in [0.1, 0.15) is 18.1 Å². The van der Waals surface area contributed by atoms with Crippen molar-refractivity contribution in [3.63, 3.8) is 0 Å². The highest BCUT2D eigenvalue weighted by molar-refractivity contribution is 5.96. The van der Waals surface area contributed by atoms with E-state index in [1.165, 1.54) is 28.7 Å². The highest BCUT2D eigenvalue weighted by Gasteiger charge is 2.24. The molecule has 1 aliphatic rings. The Balaban J connectivity index is 1.43. The molecule has 2 amide bonds. The Bertz CT molecular complexity index is 818. The average Bonchev–Trinajstić information content (AvgIpc) is 2.73. The highest BCUT2D eigenvalue weighted by atomic mass is 19.1. The van der Waals surface area contributed by atoms with Crippen LogP contribution in [0.3, 0.4) is 0 Å². The predicted octanol–water partition coefficient (Wildman–Crippen LogP) is 0.491. The van der Waals surface area contributed by atoms with E-state index >= 15 is 0 Å². The second kappa shape index (κ2) is 9.32. The van der Waals surface area contributed by atoms with E-state index in [-0.39, 0.29) is 18.0 Å². The number of carbonyl (C=O) groups is 2. The van der Waals surface area contributed by atoms with Crippen molar-refractivity contribution < 1.29 is 23.6 Å². The van der Waals surface area contributed by atoms with Crippen LogP contribution in [0.4, 0.5) is 4.39 Å². The van der Waals surface area contributed by atoms with Crippen LogP contribution in [0.25, 0.3) is 0 Å². The molecule has 148 valence electrons. The molecule has 28 heavy (non-hydrogen) atoms. The second-order valence-corrected chi connectivity index (χ2v) is 6.82. The van der Waals surface area contributed by atoms with Crippen LogP contribution in [0, 0.1) is 5.82 Å². The molecule has 1 heterocycles. The molecular weight excluding hydrogens is 361 g/mol. The van der Waals surface area contributed by atoms with Crippen LogP contribution in [-0.2, 0) is 11.3 Å². The maximum Gasteiger partial charge on any atom is 0.254 e. The Morgan fingerprint density at radius 3 is 2.43 bits per heavy atom. The number of nitrogens with zero attached hydrogens (tertiary/aromatic N) is 1. The molecule has 7 heteroatoms. The third-order valence-electron chi connectivity index (χ3n) is 4.96. The molecule has 2 N–H and O–H groups in total. The van der Waals surface area contributed by atoms with Crippen molar-refractivity contribution in [1.29, 1.82) is 0 Å². The van der Waals surface area contributed by atoms with Crippen molar-refractivity contribution in [3.05, 3.63) is 65.5 Å². The van der Waals surface area contributed by atoms with Crippen molar-refractivity contribution in [1.82, 2.24) is 10.2 Å². The van der Waals surface area contributed by atoms with Gasteiger partial charge in [-0.15, -0.1) is 0 Å². The molecule has 1 saturated heterocycles. The molecule has 0 unspecified atom stereocenters. The van der Waals surface area contributed by atoms with Gasteiger partial charge in [-0.2, -0.15) is 0 Å². The Kier molecular flexibility index (Phi) is 6.60. The summed E-state index contributed by atoms with van der Waals surface area (Å²) >= 11 is 0. The number of quaternary nitrogens is 1. The van der Waals surface area contributed by atoms with Crippen molar-refractivity contribution >= 4 is 11.8 Å². The molecule has 3 rings (SSSR count). The van der Waals surface area contributed by atoms with Gasteiger partial charge in [0.05, 0.1) is 45.4 Å². The van der Waals surface area contributed by atoms with Gasteiger partial charge < -0.3 is 19.9 Å². The minimum absolute atomic E-state index is 0.0518. The van der Waals surface area contributed by atoms with E-state index in [4.69, 9.17) is 4.74 Å². The molecule has 0 aromatic heterocycles. The number of nitrogens with one attached hydrogen (secondary N) is 2. The number of amides is 2. The zero-order valence-corrected chi connectivity index (χ0v) is 15.9. The van der Waals surface area contributed by atoms with E-state index in [0.717, 1.165) is 25.4 Å². The van der Waals surface area contributed by atoms with Gasteiger partial charge in [0.25, 0.3) is 5.91 Å². The first kappa shape index (κ1) is 19.8. The van der Waals surface area contributed by atoms with Gasteiger partial charge in [-0.25, -0.2) is 4.39 Å². The number of ether oxygens (including phenoxy) is 1. The molecule has 0 atom stereocenters. The van der Waals surface area contributed by atoms with E-state index < -0.39 is 11.7 Å². The minimum atomic E-state index is -0.594. The fourth-order valence-corrected chi connectivity index (χ4v) is 3.29. The zero-order chi connectivity index (χ0) is 19.9. The molecular formula is C21H25FN3O3+. The van der Waals surface area contributed by atoms with Crippen molar-refractivity contribution in [2.75, 3.05) is 39.8 Å². The summed E-state index contributed by atoms with van der Waals surface area (Å²) in [6.07, 6.45) is 0. The van der Waals surface area contributed by atoms with Crippen LogP contribution >= 0.6 is 0 Å². The lowest BCUT2D eigenvalue weighted by molar-refractivity contribution is -0.917. The van der Waals surface area contributed by atoms with Crippen LogP contribution < -0.4 is 15.0 Å². The number of rotatable bonds is 6. The Hall–Kier alpha value is -2.93. The standard InChI is InChI=1S/C21H24FN3O3/c1-28-17-8-6-16(7-9-17)15-24-10-12-25(13-11-24)20(26)14-23-21(27)18-4-2-3-5-19(18)22/h2-9H,10-15H2,1H3,(H,23,27)/p+1. The van der Waals surface area contributed by atoms with Gasteiger partial charge >= 0.3 is 0 Å². The van der Waals surface area contributed by atoms with E-state index in [1.807, 2.05) is 12.1 Å². The Morgan fingerprint density at radius 1 is 1.11 bits per heavy atom. The van der Waals surface area contributed by atoms with Crippen LogP contribution in [0.1, 0.15) is 15.9 Å². The average molecular weight is 386 g/mol. The number of carbonyl (C=O) groups excluding carboxylic acids is 2. The lowest BCUT2D eigenvalue weighted by Crippen LogP contribution is -3.13. The van der Waals surface area contributed by atoms with Gasteiger partial charge in [0, 0.05) is 5.56 Å². The number of halogens is 1. The summed E-state index contributed by atoms with van der Waals surface area (Å²) in [5.41, 5.74) is 1.18. The first-order valence-corrected chi connectivity index (χ1v) is 9.34. The van der Waals surface area contributed by atoms with Gasteiger partial charge in [-0.05, 0) is 36.4 Å². The highest BCUT2D eigenvalue weighted by Crippen LogP contribution is 2.10. The van der Waals surface area contributed by atoms with Crippen molar-refractivity contribution in [2.24, 2.45) is 0 Å². The van der Waals surface area contributed by atoms with E-state index in [1.54, 1.807) is 18.1 Å². The number of benzene rings is 2. The van der Waals surface area contributed by atoms with Crippen molar-refractivity contribution in [2.45, 2.75) is 6.54 Å². The fraction of sp³-hybridized carbons (Fsp3) is 0.333. The number of methoxy groups -OCH3 is 1. The van der Waals surface area contributed by atoms with Crippen LogP contribution in [0.2, 0.25) is 0 Å². The third-order valence-corrected chi connectivity index (χ3v) is 4.96. The lowest BCUT2D eigenvalue weighted by Gasteiger charge is -2.32. The normalized spacial score (nSPS) is 14.6. The van der Waals surface area contributed by atoms with Crippen LogP contribution in [-0.4, -0.2) is 56.5 Å². The van der Waals surface area contributed by atoms with E-state index in [9.17, 15) is 14.0 Å². The molecule has 0 radical (unpaired) electrons. The molecule has 1 aliphatic heterocycles. The quantitative estimate of drug-likeness (QED) is 0.760. The summed E-state index contributed by atoms with van der Waals surface area (Å²) in [6.45, 7) is 3.74. The smallest absolute Gasteiger partial charge is 0.254 e. The monoisotopic (exact) mass is 386 g/mol. The van der Waals surface area contributed by atoms with Gasteiger partial charge in [0.2, 0.25) is 5.91 Å². The lowest BCUT2D eigenvalue weighted by atomic mass is 10.2. The zero-order valence-electron chi connectivity index (χ0n) is 15.9.